The van der Waals surface area contributed by atoms with Crippen molar-refractivity contribution in [3.05, 3.63) is 29.0 Å². The van der Waals surface area contributed by atoms with Crippen molar-refractivity contribution in [2.75, 3.05) is 26.7 Å². The summed E-state index contributed by atoms with van der Waals surface area (Å²) in [6.07, 6.45) is 4.80. The Bertz CT molecular complexity index is 699. The average Bonchev–Trinajstić information content (AvgIpc) is 2.95. The highest BCUT2D eigenvalue weighted by Gasteiger charge is 2.17. The summed E-state index contributed by atoms with van der Waals surface area (Å²) < 4.78 is 0. The molecule has 2 heterocycles. The predicted molar refractivity (Wildman–Crippen MR) is 97.3 cm³/mol. The normalized spacial score (nSPS) is 18.8. The third-order valence-corrected chi connectivity index (χ3v) is 4.91. The first-order chi connectivity index (χ1) is 11.6. The number of H-pyrrole nitrogens is 1. The molecule has 130 valence electrons. The summed E-state index contributed by atoms with van der Waals surface area (Å²) in [6, 6.07) is 5.60. The van der Waals surface area contributed by atoms with Gasteiger partial charge in [-0.2, -0.15) is 0 Å². The smallest absolute Gasteiger partial charge is 0.220 e. The van der Waals surface area contributed by atoms with E-state index in [0.717, 1.165) is 29.8 Å². The van der Waals surface area contributed by atoms with Crippen LogP contribution in [0.2, 0.25) is 5.02 Å². The van der Waals surface area contributed by atoms with Gasteiger partial charge in [0.15, 0.2) is 0 Å². The van der Waals surface area contributed by atoms with Crippen LogP contribution in [-0.4, -0.2) is 47.5 Å². The zero-order valence-corrected chi connectivity index (χ0v) is 14.9. The fourth-order valence-corrected chi connectivity index (χ4v) is 3.58. The Balaban J connectivity index is 1.39. The largest absolute Gasteiger partial charge is 0.356 e. The van der Waals surface area contributed by atoms with Gasteiger partial charge in [-0.05, 0) is 57.0 Å². The first-order valence-electron chi connectivity index (χ1n) is 8.69. The lowest BCUT2D eigenvalue weighted by Gasteiger charge is -2.29. The molecule has 2 aromatic rings. The molecule has 1 fully saturated rings. The van der Waals surface area contributed by atoms with Gasteiger partial charge in [0, 0.05) is 31.0 Å². The number of aromatic amines is 1. The number of amides is 1. The number of nitrogens with zero attached hydrogens (tertiary/aromatic N) is 2. The lowest BCUT2D eigenvalue weighted by atomic mass is 9.93. The van der Waals surface area contributed by atoms with Crippen LogP contribution in [0.4, 0.5) is 0 Å². The molecule has 1 unspecified atom stereocenters. The summed E-state index contributed by atoms with van der Waals surface area (Å²) in [5.74, 6) is 1.68. The number of nitrogens with one attached hydrogen (secondary N) is 2. The van der Waals surface area contributed by atoms with Crippen LogP contribution in [-0.2, 0) is 11.2 Å². The van der Waals surface area contributed by atoms with Gasteiger partial charge in [0.2, 0.25) is 5.91 Å². The molecule has 2 N–H and O–H groups in total. The number of carbonyl (C=O) groups is 1. The number of aromatic nitrogens is 2. The molecule has 3 rings (SSSR count). The van der Waals surface area contributed by atoms with Gasteiger partial charge in [0.05, 0.1) is 11.0 Å². The number of imidazole rings is 1. The second-order valence-electron chi connectivity index (χ2n) is 6.75. The number of piperidine rings is 1. The highest BCUT2D eigenvalue weighted by atomic mass is 35.5. The first-order valence-corrected chi connectivity index (χ1v) is 9.07. The molecular weight excluding hydrogens is 324 g/mol. The number of halogens is 1. The van der Waals surface area contributed by atoms with Crippen molar-refractivity contribution in [3.63, 3.8) is 0 Å². The molecule has 1 saturated heterocycles. The maximum absolute atomic E-state index is 12.0. The summed E-state index contributed by atoms with van der Waals surface area (Å²) in [7, 11) is 2.16. The number of likely N-dealkylation sites (tertiary alicyclic amines) is 1. The van der Waals surface area contributed by atoms with Crippen LogP contribution >= 0.6 is 11.6 Å². The predicted octanol–water partition coefficient (Wildman–Crippen LogP) is 3.00. The summed E-state index contributed by atoms with van der Waals surface area (Å²) in [4.78, 5) is 22.1. The van der Waals surface area contributed by atoms with Gasteiger partial charge in [-0.3, -0.25) is 4.79 Å². The molecule has 0 saturated carbocycles. The van der Waals surface area contributed by atoms with E-state index in [0.29, 0.717) is 30.3 Å². The quantitative estimate of drug-likeness (QED) is 0.843. The van der Waals surface area contributed by atoms with Crippen molar-refractivity contribution < 1.29 is 4.79 Å². The molecular formula is C18H25ClN4O. The van der Waals surface area contributed by atoms with E-state index in [1.165, 1.54) is 19.4 Å². The number of hydrogen-bond acceptors (Lipinski definition) is 3. The lowest BCUT2D eigenvalue weighted by Crippen LogP contribution is -2.33. The Morgan fingerprint density at radius 2 is 2.38 bits per heavy atom. The molecule has 1 atom stereocenters. The van der Waals surface area contributed by atoms with Crippen molar-refractivity contribution in [1.82, 2.24) is 20.2 Å². The third-order valence-electron chi connectivity index (χ3n) is 4.68. The van der Waals surface area contributed by atoms with Crippen LogP contribution in [0.1, 0.15) is 31.5 Å². The third kappa shape index (κ3) is 4.71. The molecule has 1 aliphatic rings. The maximum Gasteiger partial charge on any atom is 0.220 e. The summed E-state index contributed by atoms with van der Waals surface area (Å²) in [6.45, 7) is 2.91. The summed E-state index contributed by atoms with van der Waals surface area (Å²) >= 11 is 5.97. The molecule has 0 spiro atoms. The summed E-state index contributed by atoms with van der Waals surface area (Å²) in [5.41, 5.74) is 1.84. The van der Waals surface area contributed by atoms with E-state index in [1.54, 1.807) is 0 Å². The molecule has 1 aromatic heterocycles. The highest BCUT2D eigenvalue weighted by Crippen LogP contribution is 2.20. The lowest BCUT2D eigenvalue weighted by molar-refractivity contribution is -0.121. The van der Waals surface area contributed by atoms with Crippen LogP contribution in [0.3, 0.4) is 0 Å². The second kappa shape index (κ2) is 7.99. The number of carbonyl (C=O) groups excluding carboxylic acids is 1. The Labute approximate surface area is 147 Å². The van der Waals surface area contributed by atoms with E-state index >= 15 is 0 Å². The minimum atomic E-state index is 0.141. The minimum Gasteiger partial charge on any atom is -0.356 e. The van der Waals surface area contributed by atoms with E-state index in [1.807, 2.05) is 18.2 Å². The van der Waals surface area contributed by atoms with Gasteiger partial charge < -0.3 is 15.2 Å². The van der Waals surface area contributed by atoms with Gasteiger partial charge in [-0.15, -0.1) is 0 Å². The van der Waals surface area contributed by atoms with Crippen molar-refractivity contribution >= 4 is 28.5 Å². The molecule has 24 heavy (non-hydrogen) atoms. The van der Waals surface area contributed by atoms with E-state index in [9.17, 15) is 4.79 Å². The maximum atomic E-state index is 12.0. The Kier molecular flexibility index (Phi) is 5.74. The number of hydrogen-bond donors (Lipinski definition) is 2. The van der Waals surface area contributed by atoms with Crippen molar-refractivity contribution in [1.29, 1.82) is 0 Å². The molecule has 0 bridgehead atoms. The monoisotopic (exact) mass is 348 g/mol. The minimum absolute atomic E-state index is 0.141. The average molecular weight is 349 g/mol. The fourth-order valence-electron chi connectivity index (χ4n) is 3.41. The van der Waals surface area contributed by atoms with Crippen LogP contribution in [0.5, 0.6) is 0 Å². The van der Waals surface area contributed by atoms with Crippen molar-refractivity contribution in [3.8, 4) is 0 Å². The molecule has 1 aliphatic heterocycles. The van der Waals surface area contributed by atoms with Crippen molar-refractivity contribution in [2.24, 2.45) is 5.92 Å². The fraction of sp³-hybridized carbons (Fsp3) is 0.556. The molecule has 1 amide bonds. The molecule has 1 aromatic carbocycles. The SMILES string of the molecule is CN1CCCC(CCC(=O)NCCc2nc3ccc(Cl)cc3[nH]2)C1. The Morgan fingerprint density at radius 3 is 3.21 bits per heavy atom. The van der Waals surface area contributed by atoms with Gasteiger partial charge in [0.1, 0.15) is 5.82 Å². The van der Waals surface area contributed by atoms with Gasteiger partial charge in [0.25, 0.3) is 0 Å². The number of benzene rings is 1. The molecule has 0 radical (unpaired) electrons. The number of rotatable bonds is 6. The zero-order valence-electron chi connectivity index (χ0n) is 14.1. The molecule has 6 heteroatoms. The summed E-state index contributed by atoms with van der Waals surface area (Å²) in [5, 5.41) is 3.69. The standard InChI is InChI=1S/C18H25ClN4O/c1-23-10-2-3-13(12-23)4-7-18(24)20-9-8-17-21-15-6-5-14(19)11-16(15)22-17/h5-6,11,13H,2-4,7-10,12H2,1H3,(H,20,24)(H,21,22). The van der Waals surface area contributed by atoms with Gasteiger partial charge in [-0.25, -0.2) is 4.98 Å². The van der Waals surface area contributed by atoms with E-state index in [-0.39, 0.29) is 5.91 Å². The topological polar surface area (TPSA) is 61.0 Å². The van der Waals surface area contributed by atoms with Gasteiger partial charge >= 0.3 is 0 Å². The van der Waals surface area contributed by atoms with Gasteiger partial charge in [-0.1, -0.05) is 11.6 Å². The molecule has 5 nitrogen and oxygen atoms in total. The highest BCUT2D eigenvalue weighted by molar-refractivity contribution is 6.31. The van der Waals surface area contributed by atoms with E-state index in [4.69, 9.17) is 11.6 Å². The Hall–Kier alpha value is -1.59. The zero-order chi connectivity index (χ0) is 16.9. The van der Waals surface area contributed by atoms with Crippen LogP contribution in [0.25, 0.3) is 11.0 Å². The van der Waals surface area contributed by atoms with Crippen LogP contribution < -0.4 is 5.32 Å². The van der Waals surface area contributed by atoms with E-state index in [2.05, 4.69) is 27.2 Å². The van der Waals surface area contributed by atoms with Crippen LogP contribution in [0, 0.1) is 5.92 Å². The second-order valence-corrected chi connectivity index (χ2v) is 7.19. The molecule has 0 aliphatic carbocycles. The van der Waals surface area contributed by atoms with Crippen molar-refractivity contribution in [2.45, 2.75) is 32.1 Å². The first kappa shape index (κ1) is 17.2. The van der Waals surface area contributed by atoms with Crippen LogP contribution in [0.15, 0.2) is 18.2 Å². The number of fused-ring (bicyclic) bond motifs is 1. The van der Waals surface area contributed by atoms with E-state index < -0.39 is 0 Å². The Morgan fingerprint density at radius 1 is 1.50 bits per heavy atom.